The van der Waals surface area contributed by atoms with Crippen molar-refractivity contribution in [3.05, 3.63) is 25.3 Å². The van der Waals surface area contributed by atoms with E-state index in [9.17, 15) is 19.5 Å². The highest BCUT2D eigenvalue weighted by Gasteiger charge is 2.76. The zero-order valence-corrected chi connectivity index (χ0v) is 20.3. The van der Waals surface area contributed by atoms with Gasteiger partial charge in [-0.2, -0.15) is 0 Å². The summed E-state index contributed by atoms with van der Waals surface area (Å²) in [5.74, 6) is -2.06. The number of alkyl halides is 1. The van der Waals surface area contributed by atoms with Crippen molar-refractivity contribution in [1.29, 1.82) is 0 Å². The fourth-order valence-corrected chi connectivity index (χ4v) is 8.83. The first-order chi connectivity index (χ1) is 14.9. The average molecular weight is 515 g/mol. The van der Waals surface area contributed by atoms with Gasteiger partial charge in [0.15, 0.2) is 0 Å². The summed E-state index contributed by atoms with van der Waals surface area (Å²) in [7, 11) is 0. The number of hydrogen-bond donors (Lipinski definition) is 1. The number of ether oxygens (including phenoxy) is 1. The number of nitrogens with zero attached hydrogens (tertiary/aromatic N) is 2. The van der Waals surface area contributed by atoms with Gasteiger partial charge in [0.2, 0.25) is 11.8 Å². The Hall–Kier alpha value is -1.32. The smallest absolute Gasteiger partial charge is 0.311 e. The van der Waals surface area contributed by atoms with Crippen LogP contribution in [-0.4, -0.2) is 86.4 Å². The summed E-state index contributed by atoms with van der Waals surface area (Å²) in [6.07, 6.45) is 5.59. The number of thioether (sulfide) groups is 1. The molecule has 3 rings (SSSR count). The van der Waals surface area contributed by atoms with E-state index < -0.39 is 28.6 Å². The summed E-state index contributed by atoms with van der Waals surface area (Å²) in [5.41, 5.74) is 0. The maximum Gasteiger partial charge on any atom is 0.311 e. The second-order valence-electron chi connectivity index (χ2n) is 8.26. The van der Waals surface area contributed by atoms with Crippen molar-refractivity contribution in [3.63, 3.8) is 0 Å². The summed E-state index contributed by atoms with van der Waals surface area (Å²) >= 11 is 5.27. The zero-order chi connectivity index (χ0) is 22.8. The van der Waals surface area contributed by atoms with E-state index in [-0.39, 0.29) is 41.6 Å². The lowest BCUT2D eigenvalue weighted by atomic mass is 9.71. The van der Waals surface area contributed by atoms with Gasteiger partial charge in [0.25, 0.3) is 0 Å². The Morgan fingerprint density at radius 2 is 2.16 bits per heavy atom. The third kappa shape index (κ3) is 4.09. The lowest BCUT2D eigenvalue weighted by Gasteiger charge is -2.37. The lowest BCUT2D eigenvalue weighted by molar-refractivity contribution is -0.153. The highest BCUT2D eigenvalue weighted by molar-refractivity contribution is 9.09. The molecule has 31 heavy (non-hydrogen) atoms. The first kappa shape index (κ1) is 24.3. The molecule has 2 bridgehead atoms. The Balaban J connectivity index is 2.00. The molecule has 0 aromatic rings. The molecule has 3 saturated heterocycles. The molecule has 3 aliphatic heterocycles. The van der Waals surface area contributed by atoms with Crippen molar-refractivity contribution in [2.45, 2.75) is 47.1 Å². The van der Waals surface area contributed by atoms with Crippen LogP contribution in [-0.2, 0) is 19.1 Å². The Kier molecular flexibility index (Phi) is 7.91. The standard InChI is InChI=1S/C22H31BrN2O5S/c1-4-7-9-24(8-5-2)20(28)18-22-13-14(23)17(31-22)15(21(29)30-12-6-3)16(22)19(27)25(18)10-11-26/h5-6,14-18,26H,2-4,7-13H2,1H3/t14?,15-,16-,17-,18?,22?/m0/s1. The van der Waals surface area contributed by atoms with Crippen molar-refractivity contribution in [2.24, 2.45) is 11.8 Å². The quantitative estimate of drug-likeness (QED) is 0.257. The van der Waals surface area contributed by atoms with Crippen molar-refractivity contribution in [2.75, 3.05) is 32.8 Å². The number of hydrogen-bond acceptors (Lipinski definition) is 6. The van der Waals surface area contributed by atoms with E-state index in [1.807, 2.05) is 0 Å². The number of β-amino-alcohol motifs (C(OH)–C–C–N with tert-alkyl or cyclic N) is 1. The fraction of sp³-hybridized carbons (Fsp3) is 0.682. The molecule has 0 aliphatic carbocycles. The van der Waals surface area contributed by atoms with Gasteiger partial charge in [0, 0.05) is 29.7 Å². The molecule has 0 aromatic heterocycles. The molecule has 0 radical (unpaired) electrons. The van der Waals surface area contributed by atoms with E-state index in [4.69, 9.17) is 4.74 Å². The van der Waals surface area contributed by atoms with Crippen LogP contribution in [0.15, 0.2) is 25.3 Å². The van der Waals surface area contributed by atoms with Crippen LogP contribution in [0.2, 0.25) is 0 Å². The Morgan fingerprint density at radius 3 is 2.77 bits per heavy atom. The minimum Gasteiger partial charge on any atom is -0.461 e. The van der Waals surface area contributed by atoms with Crippen LogP contribution in [0.25, 0.3) is 0 Å². The summed E-state index contributed by atoms with van der Waals surface area (Å²) < 4.78 is 4.62. The number of rotatable bonds is 11. The number of unbranched alkanes of at least 4 members (excludes halogenated alkanes) is 1. The number of carbonyl (C=O) groups excluding carboxylic acids is 3. The molecule has 1 N–H and O–H groups in total. The van der Waals surface area contributed by atoms with Gasteiger partial charge in [-0.1, -0.05) is 48.0 Å². The van der Waals surface area contributed by atoms with Crippen molar-refractivity contribution in [1.82, 2.24) is 9.80 Å². The maximum atomic E-state index is 13.8. The van der Waals surface area contributed by atoms with Gasteiger partial charge in [-0.15, -0.1) is 18.3 Å². The van der Waals surface area contributed by atoms with Crippen LogP contribution in [0, 0.1) is 11.8 Å². The molecule has 2 amide bonds. The van der Waals surface area contributed by atoms with Crippen molar-refractivity contribution < 1.29 is 24.2 Å². The summed E-state index contributed by atoms with van der Waals surface area (Å²) in [6, 6.07) is -0.721. The van der Waals surface area contributed by atoms with Gasteiger partial charge in [0.1, 0.15) is 12.6 Å². The Labute approximate surface area is 196 Å². The van der Waals surface area contributed by atoms with Crippen molar-refractivity contribution >= 4 is 45.5 Å². The lowest BCUT2D eigenvalue weighted by Crippen LogP contribution is -2.55. The monoisotopic (exact) mass is 514 g/mol. The SMILES string of the molecule is C=CCOC(=O)[C@H]1[C@H]2C(=O)N(CCO)C(C(=O)N(CC=C)CCCC)C23CC(Br)[C@@H]1S3. The van der Waals surface area contributed by atoms with Gasteiger partial charge < -0.3 is 19.6 Å². The highest BCUT2D eigenvalue weighted by Crippen LogP contribution is 2.67. The number of fused-ring (bicyclic) bond motifs is 1. The second-order valence-corrected chi connectivity index (χ2v) is 11.0. The summed E-state index contributed by atoms with van der Waals surface area (Å²) in [6.45, 7) is 10.3. The molecule has 3 fully saturated rings. The molecule has 172 valence electrons. The molecular formula is C22H31BrN2O5S. The van der Waals surface area contributed by atoms with Crippen molar-refractivity contribution in [3.8, 4) is 0 Å². The third-order valence-electron chi connectivity index (χ3n) is 6.42. The van der Waals surface area contributed by atoms with Crippen LogP contribution in [0.1, 0.15) is 26.2 Å². The molecular weight excluding hydrogens is 484 g/mol. The van der Waals surface area contributed by atoms with Gasteiger partial charge >= 0.3 is 5.97 Å². The summed E-state index contributed by atoms with van der Waals surface area (Å²) in [4.78, 5) is 43.5. The molecule has 7 nitrogen and oxygen atoms in total. The molecule has 3 unspecified atom stereocenters. The third-order valence-corrected chi connectivity index (χ3v) is 9.64. The molecule has 0 aromatic carbocycles. The van der Waals surface area contributed by atoms with E-state index in [0.29, 0.717) is 19.5 Å². The number of esters is 1. The Morgan fingerprint density at radius 1 is 1.42 bits per heavy atom. The highest BCUT2D eigenvalue weighted by atomic mass is 79.9. The van der Waals surface area contributed by atoms with E-state index in [2.05, 4.69) is 36.0 Å². The molecule has 1 spiro atoms. The van der Waals surface area contributed by atoms with E-state index in [1.54, 1.807) is 22.7 Å². The van der Waals surface area contributed by atoms with E-state index >= 15 is 0 Å². The number of halogens is 1. The molecule has 9 heteroatoms. The normalized spacial score (nSPS) is 33.3. The summed E-state index contributed by atoms with van der Waals surface area (Å²) in [5, 5.41) is 9.51. The fourth-order valence-electron chi connectivity index (χ4n) is 5.23. The van der Waals surface area contributed by atoms with Gasteiger partial charge in [0.05, 0.1) is 23.2 Å². The van der Waals surface area contributed by atoms with Gasteiger partial charge in [-0.3, -0.25) is 14.4 Å². The predicted octanol–water partition coefficient (Wildman–Crippen LogP) is 1.99. The minimum atomic E-state index is -0.721. The van der Waals surface area contributed by atoms with E-state index in [1.165, 1.54) is 11.0 Å². The largest absolute Gasteiger partial charge is 0.461 e. The van der Waals surface area contributed by atoms with Crippen LogP contribution in [0.4, 0.5) is 0 Å². The first-order valence-corrected chi connectivity index (χ1v) is 12.6. The van der Waals surface area contributed by atoms with Crippen LogP contribution in [0.3, 0.4) is 0 Å². The number of aliphatic hydroxyl groups is 1. The second kappa shape index (κ2) is 10.1. The van der Waals surface area contributed by atoms with Crippen LogP contribution in [0.5, 0.6) is 0 Å². The van der Waals surface area contributed by atoms with Crippen LogP contribution >= 0.6 is 27.7 Å². The maximum absolute atomic E-state index is 13.8. The number of aliphatic hydroxyl groups excluding tert-OH is 1. The number of likely N-dealkylation sites (tertiary alicyclic amines) is 1. The topological polar surface area (TPSA) is 87.1 Å². The first-order valence-electron chi connectivity index (χ1n) is 10.8. The van der Waals surface area contributed by atoms with Gasteiger partial charge in [-0.05, 0) is 12.8 Å². The number of amides is 2. The predicted molar refractivity (Wildman–Crippen MR) is 124 cm³/mol. The minimum absolute atomic E-state index is 0.00398. The molecule has 0 saturated carbocycles. The Bertz CT molecular complexity index is 749. The number of carbonyl (C=O) groups is 3. The van der Waals surface area contributed by atoms with E-state index in [0.717, 1.165) is 12.8 Å². The molecule has 6 atom stereocenters. The van der Waals surface area contributed by atoms with Crippen LogP contribution < -0.4 is 0 Å². The average Bonchev–Trinajstić information content (AvgIpc) is 3.33. The molecule has 3 aliphatic rings. The zero-order valence-electron chi connectivity index (χ0n) is 17.9. The molecule has 3 heterocycles. The van der Waals surface area contributed by atoms with Gasteiger partial charge in [-0.25, -0.2) is 0 Å².